The summed E-state index contributed by atoms with van der Waals surface area (Å²) in [5.41, 5.74) is 2.35. The van der Waals surface area contributed by atoms with Gasteiger partial charge in [-0.2, -0.15) is 0 Å². The molecule has 0 fully saturated rings. The molecule has 2 aromatic rings. The quantitative estimate of drug-likeness (QED) is 0.855. The minimum absolute atomic E-state index is 0.372. The summed E-state index contributed by atoms with van der Waals surface area (Å²) in [4.78, 5) is 0. The molecule has 0 aliphatic carbocycles. The second kappa shape index (κ2) is 6.33. The molecule has 0 saturated carbocycles. The fourth-order valence-electron chi connectivity index (χ4n) is 1.86. The van der Waals surface area contributed by atoms with Crippen LogP contribution in [0, 0.1) is 11.6 Å². The van der Waals surface area contributed by atoms with Crippen LogP contribution in [0.4, 0.5) is 8.78 Å². The summed E-state index contributed by atoms with van der Waals surface area (Å²) in [5.74, 6) is -1.71. The first-order valence-corrected chi connectivity index (χ1v) is 6.82. The van der Waals surface area contributed by atoms with Crippen LogP contribution in [-0.4, -0.2) is 6.04 Å². The molecule has 1 nitrogen and oxygen atoms in total. The predicted molar refractivity (Wildman–Crippen MR) is 78.8 cm³/mol. The van der Waals surface area contributed by atoms with E-state index in [-0.39, 0.29) is 0 Å². The Morgan fingerprint density at radius 2 is 1.65 bits per heavy atom. The van der Waals surface area contributed by atoms with Gasteiger partial charge in [0.2, 0.25) is 0 Å². The molecule has 0 radical (unpaired) electrons. The molecule has 0 atom stereocenters. The van der Waals surface area contributed by atoms with Gasteiger partial charge in [0.05, 0.1) is 0 Å². The number of hydrogen-bond acceptors (Lipinski definition) is 1. The first kappa shape index (κ1) is 14.9. The molecule has 0 aliphatic heterocycles. The van der Waals surface area contributed by atoms with Crippen LogP contribution in [0.1, 0.15) is 19.4 Å². The number of rotatable bonds is 4. The third-order valence-corrected chi connectivity index (χ3v) is 3.36. The van der Waals surface area contributed by atoms with Crippen LogP contribution in [0.5, 0.6) is 0 Å². The predicted octanol–water partition coefficient (Wildman–Crippen LogP) is 4.78. The maximum absolute atomic E-state index is 13.2. The molecule has 0 aliphatic rings. The van der Waals surface area contributed by atoms with E-state index in [4.69, 9.17) is 11.6 Å². The van der Waals surface area contributed by atoms with Crippen molar-refractivity contribution in [1.29, 1.82) is 0 Å². The van der Waals surface area contributed by atoms with Crippen molar-refractivity contribution >= 4 is 11.6 Å². The molecule has 0 bridgehead atoms. The molecule has 0 heterocycles. The summed E-state index contributed by atoms with van der Waals surface area (Å²) >= 11 is 6.23. The molecule has 2 rings (SSSR count). The molecule has 0 spiro atoms. The zero-order valence-corrected chi connectivity index (χ0v) is 12.1. The zero-order valence-electron chi connectivity index (χ0n) is 11.4. The first-order chi connectivity index (χ1) is 9.47. The molecule has 0 amide bonds. The Hall–Kier alpha value is -1.45. The average Bonchev–Trinajstić information content (AvgIpc) is 2.40. The van der Waals surface area contributed by atoms with E-state index >= 15 is 0 Å². The Labute approximate surface area is 122 Å². The summed E-state index contributed by atoms with van der Waals surface area (Å²) in [5, 5.41) is 3.90. The maximum Gasteiger partial charge on any atom is 0.159 e. The maximum atomic E-state index is 13.2. The second-order valence-electron chi connectivity index (χ2n) is 4.97. The normalized spacial score (nSPS) is 11.1. The van der Waals surface area contributed by atoms with Gasteiger partial charge in [0.25, 0.3) is 0 Å². The van der Waals surface area contributed by atoms with Crippen molar-refractivity contribution in [3.05, 3.63) is 58.6 Å². The molecular formula is C16H16ClF2N. The molecular weight excluding hydrogens is 280 g/mol. The highest BCUT2D eigenvalue weighted by atomic mass is 35.5. The van der Waals surface area contributed by atoms with Crippen LogP contribution in [-0.2, 0) is 6.54 Å². The van der Waals surface area contributed by atoms with Crippen LogP contribution in [0.3, 0.4) is 0 Å². The molecule has 0 saturated heterocycles. The van der Waals surface area contributed by atoms with E-state index in [1.165, 1.54) is 12.1 Å². The van der Waals surface area contributed by atoms with Crippen molar-refractivity contribution in [3.63, 3.8) is 0 Å². The lowest BCUT2D eigenvalue weighted by Gasteiger charge is -2.11. The largest absolute Gasteiger partial charge is 0.310 e. The summed E-state index contributed by atoms with van der Waals surface area (Å²) in [6.45, 7) is 4.79. The Morgan fingerprint density at radius 1 is 1.00 bits per heavy atom. The van der Waals surface area contributed by atoms with Crippen LogP contribution in [0.2, 0.25) is 5.02 Å². The fraction of sp³-hybridized carbons (Fsp3) is 0.250. The van der Waals surface area contributed by atoms with Gasteiger partial charge in [-0.1, -0.05) is 43.6 Å². The highest BCUT2D eigenvalue weighted by Crippen LogP contribution is 2.26. The molecule has 106 valence electrons. The highest BCUT2D eigenvalue weighted by Gasteiger charge is 2.07. The minimum atomic E-state index is -0.857. The number of benzene rings is 2. The lowest BCUT2D eigenvalue weighted by atomic mass is 10.0. The summed E-state index contributed by atoms with van der Waals surface area (Å²) < 4.78 is 26.2. The molecule has 1 N–H and O–H groups in total. The smallest absolute Gasteiger partial charge is 0.159 e. The van der Waals surface area contributed by atoms with Crippen molar-refractivity contribution in [3.8, 4) is 11.1 Å². The molecule has 2 aromatic carbocycles. The molecule has 0 aromatic heterocycles. The van der Waals surface area contributed by atoms with Crippen LogP contribution in [0.15, 0.2) is 36.4 Å². The third-order valence-electron chi connectivity index (χ3n) is 3.01. The molecule has 4 heteroatoms. The van der Waals surface area contributed by atoms with E-state index in [9.17, 15) is 8.78 Å². The lowest BCUT2D eigenvalue weighted by Crippen LogP contribution is -2.21. The van der Waals surface area contributed by atoms with Gasteiger partial charge < -0.3 is 5.32 Å². The van der Waals surface area contributed by atoms with Crippen LogP contribution < -0.4 is 5.32 Å². The summed E-state index contributed by atoms with van der Waals surface area (Å²) in [7, 11) is 0. The van der Waals surface area contributed by atoms with Crippen molar-refractivity contribution in [2.75, 3.05) is 0 Å². The van der Waals surface area contributed by atoms with Gasteiger partial charge in [0.1, 0.15) is 0 Å². The minimum Gasteiger partial charge on any atom is -0.310 e. The van der Waals surface area contributed by atoms with Gasteiger partial charge >= 0.3 is 0 Å². The topological polar surface area (TPSA) is 12.0 Å². The van der Waals surface area contributed by atoms with Crippen molar-refractivity contribution in [1.82, 2.24) is 5.32 Å². The fourth-order valence-corrected chi connectivity index (χ4v) is 2.11. The van der Waals surface area contributed by atoms with Crippen LogP contribution >= 0.6 is 11.6 Å². The standard InChI is InChI=1S/C16H16ClF2N/c1-10(2)20-9-13-4-3-11(7-14(13)17)12-5-6-15(18)16(19)8-12/h3-8,10,20H,9H2,1-2H3. The van der Waals surface area contributed by atoms with Gasteiger partial charge in [0.15, 0.2) is 11.6 Å². The Balaban J connectivity index is 2.26. The summed E-state index contributed by atoms with van der Waals surface area (Å²) in [6, 6.07) is 9.73. The van der Waals surface area contributed by atoms with Crippen LogP contribution in [0.25, 0.3) is 11.1 Å². The Kier molecular flexibility index (Phi) is 4.73. The van der Waals surface area contributed by atoms with Gasteiger partial charge in [-0.15, -0.1) is 0 Å². The SMILES string of the molecule is CC(C)NCc1ccc(-c2ccc(F)c(F)c2)cc1Cl. The zero-order chi connectivity index (χ0) is 14.7. The van der Waals surface area contributed by atoms with Gasteiger partial charge in [-0.05, 0) is 34.9 Å². The van der Waals surface area contributed by atoms with Crippen molar-refractivity contribution in [2.24, 2.45) is 0 Å². The molecule has 0 unspecified atom stereocenters. The van der Waals surface area contributed by atoms with E-state index in [0.29, 0.717) is 23.2 Å². The van der Waals surface area contributed by atoms with Crippen molar-refractivity contribution < 1.29 is 8.78 Å². The Morgan fingerprint density at radius 3 is 2.25 bits per heavy atom. The van der Waals surface area contributed by atoms with Gasteiger partial charge in [0, 0.05) is 17.6 Å². The van der Waals surface area contributed by atoms with E-state index in [1.807, 2.05) is 12.1 Å². The molecule has 20 heavy (non-hydrogen) atoms. The lowest BCUT2D eigenvalue weighted by molar-refractivity contribution is 0.509. The number of nitrogens with one attached hydrogen (secondary N) is 1. The number of hydrogen-bond donors (Lipinski definition) is 1. The highest BCUT2D eigenvalue weighted by molar-refractivity contribution is 6.31. The van der Waals surface area contributed by atoms with E-state index in [2.05, 4.69) is 19.2 Å². The third kappa shape index (κ3) is 3.56. The van der Waals surface area contributed by atoms with Crippen molar-refractivity contribution in [2.45, 2.75) is 26.4 Å². The van der Waals surface area contributed by atoms with Gasteiger partial charge in [-0.25, -0.2) is 8.78 Å². The van der Waals surface area contributed by atoms with E-state index in [0.717, 1.165) is 17.2 Å². The van der Waals surface area contributed by atoms with E-state index < -0.39 is 11.6 Å². The number of halogens is 3. The summed E-state index contributed by atoms with van der Waals surface area (Å²) in [6.07, 6.45) is 0. The second-order valence-corrected chi connectivity index (χ2v) is 5.38. The Bertz CT molecular complexity index is 611. The monoisotopic (exact) mass is 295 g/mol. The van der Waals surface area contributed by atoms with Gasteiger partial charge in [-0.3, -0.25) is 0 Å². The first-order valence-electron chi connectivity index (χ1n) is 6.44. The average molecular weight is 296 g/mol. The van der Waals surface area contributed by atoms with E-state index in [1.54, 1.807) is 6.07 Å².